The lowest BCUT2D eigenvalue weighted by Crippen LogP contribution is -2.02. The van der Waals surface area contributed by atoms with Crippen molar-refractivity contribution >= 4 is 11.6 Å². The Hall–Kier alpha value is -4.62. The van der Waals surface area contributed by atoms with E-state index in [0.717, 1.165) is 0 Å². The van der Waals surface area contributed by atoms with Gasteiger partial charge in [-0.15, -0.1) is 15.3 Å². The van der Waals surface area contributed by atoms with E-state index in [2.05, 4.69) is 47.2 Å². The molecule has 0 fully saturated rings. The van der Waals surface area contributed by atoms with Crippen molar-refractivity contribution in [1.29, 1.82) is 0 Å². The highest BCUT2D eigenvalue weighted by molar-refractivity contribution is 6.32. The van der Waals surface area contributed by atoms with Gasteiger partial charge < -0.3 is 9.15 Å². The zero-order valence-corrected chi connectivity index (χ0v) is 17.8. The highest BCUT2D eigenvalue weighted by Crippen LogP contribution is 2.26. The van der Waals surface area contributed by atoms with Crippen LogP contribution in [0.5, 0.6) is 5.88 Å². The highest BCUT2D eigenvalue weighted by Gasteiger charge is 2.17. The summed E-state index contributed by atoms with van der Waals surface area (Å²) in [7, 11) is 1.53. The van der Waals surface area contributed by atoms with Gasteiger partial charge in [-0.3, -0.25) is 4.57 Å². The van der Waals surface area contributed by atoms with Crippen molar-refractivity contribution in [2.24, 2.45) is 0 Å². The SMILES string of the molecule is COc1cc(-c2nnc(C#Cc3nnc(-c4ccncn4)n3-c3ccccc3Cl)o2)ccn1. The van der Waals surface area contributed by atoms with Gasteiger partial charge in [0.1, 0.15) is 12.0 Å². The van der Waals surface area contributed by atoms with Crippen LogP contribution in [-0.4, -0.2) is 47.0 Å². The minimum Gasteiger partial charge on any atom is -0.481 e. The first-order valence-corrected chi connectivity index (χ1v) is 9.93. The van der Waals surface area contributed by atoms with Gasteiger partial charge in [0.15, 0.2) is 5.82 Å². The third-order valence-electron chi connectivity index (χ3n) is 4.46. The van der Waals surface area contributed by atoms with Crippen molar-refractivity contribution < 1.29 is 9.15 Å². The fourth-order valence-corrected chi connectivity index (χ4v) is 3.19. The van der Waals surface area contributed by atoms with Crippen LogP contribution in [0.25, 0.3) is 28.7 Å². The van der Waals surface area contributed by atoms with Gasteiger partial charge in [0.25, 0.3) is 5.89 Å². The molecule has 0 bridgehead atoms. The van der Waals surface area contributed by atoms with Gasteiger partial charge in [0.05, 0.1) is 17.8 Å². The number of pyridine rings is 1. The maximum atomic E-state index is 6.45. The summed E-state index contributed by atoms with van der Waals surface area (Å²) >= 11 is 6.45. The van der Waals surface area contributed by atoms with E-state index < -0.39 is 0 Å². The molecular weight excluding hydrogens is 444 g/mol. The van der Waals surface area contributed by atoms with Crippen molar-refractivity contribution in [1.82, 2.24) is 39.9 Å². The van der Waals surface area contributed by atoms with Crippen molar-refractivity contribution in [3.63, 3.8) is 0 Å². The van der Waals surface area contributed by atoms with Crippen LogP contribution < -0.4 is 4.74 Å². The first-order chi connectivity index (χ1) is 16.2. The number of rotatable bonds is 4. The number of methoxy groups -OCH3 is 1. The molecule has 0 saturated heterocycles. The van der Waals surface area contributed by atoms with E-state index in [1.165, 1.54) is 13.4 Å². The van der Waals surface area contributed by atoms with E-state index in [4.69, 9.17) is 20.8 Å². The monoisotopic (exact) mass is 456 g/mol. The average molecular weight is 457 g/mol. The molecule has 0 unspecified atom stereocenters. The van der Waals surface area contributed by atoms with Gasteiger partial charge in [0.2, 0.25) is 17.6 Å². The molecule has 4 heterocycles. The third kappa shape index (κ3) is 4.13. The van der Waals surface area contributed by atoms with E-state index in [-0.39, 0.29) is 11.8 Å². The van der Waals surface area contributed by atoms with Crippen LogP contribution in [0.2, 0.25) is 5.02 Å². The molecule has 10 nitrogen and oxygen atoms in total. The predicted octanol–water partition coefficient (Wildman–Crippen LogP) is 3.23. The normalized spacial score (nSPS) is 10.5. The molecule has 11 heteroatoms. The second-order valence-corrected chi connectivity index (χ2v) is 6.89. The molecule has 160 valence electrons. The van der Waals surface area contributed by atoms with Crippen molar-refractivity contribution in [2.75, 3.05) is 7.11 Å². The standard InChI is InChI=1S/C22H13ClN8O2/c1-32-20-12-14(8-11-25-20)22-30-28-19(33-22)7-6-18-27-29-21(16-9-10-24-13-26-16)31(18)17-5-3-2-4-15(17)23/h2-5,8-13H,1H3. The maximum Gasteiger partial charge on any atom is 0.294 e. The minimum absolute atomic E-state index is 0.109. The summed E-state index contributed by atoms with van der Waals surface area (Å²) in [4.78, 5) is 12.3. The lowest BCUT2D eigenvalue weighted by molar-refractivity contribution is 0.398. The van der Waals surface area contributed by atoms with Crippen molar-refractivity contribution in [2.45, 2.75) is 0 Å². The number of nitrogens with zero attached hydrogens (tertiary/aromatic N) is 8. The van der Waals surface area contributed by atoms with Gasteiger partial charge in [-0.1, -0.05) is 28.8 Å². The van der Waals surface area contributed by atoms with Crippen LogP contribution in [0.3, 0.4) is 0 Å². The number of hydrogen-bond donors (Lipinski definition) is 0. The summed E-state index contributed by atoms with van der Waals surface area (Å²) in [6, 6.07) is 12.4. The molecule has 0 aliphatic heterocycles. The second-order valence-electron chi connectivity index (χ2n) is 6.48. The molecule has 5 aromatic rings. The molecule has 33 heavy (non-hydrogen) atoms. The zero-order chi connectivity index (χ0) is 22.6. The summed E-state index contributed by atoms with van der Waals surface area (Å²) in [5.41, 5.74) is 1.88. The maximum absolute atomic E-state index is 6.45. The van der Waals surface area contributed by atoms with Crippen molar-refractivity contribution in [3.05, 3.63) is 77.9 Å². The predicted molar refractivity (Wildman–Crippen MR) is 117 cm³/mol. The van der Waals surface area contributed by atoms with E-state index in [1.807, 2.05) is 18.2 Å². The largest absolute Gasteiger partial charge is 0.481 e. The molecule has 0 aliphatic carbocycles. The molecule has 0 saturated carbocycles. The first kappa shape index (κ1) is 20.3. The molecule has 0 aliphatic rings. The topological polar surface area (TPSA) is 118 Å². The molecular formula is C22H13ClN8O2. The Labute approximate surface area is 192 Å². The van der Waals surface area contributed by atoms with E-state index in [1.54, 1.807) is 41.2 Å². The van der Waals surface area contributed by atoms with Crippen LogP contribution in [0.4, 0.5) is 0 Å². The number of halogens is 1. The van der Waals surface area contributed by atoms with E-state index in [9.17, 15) is 0 Å². The Morgan fingerprint density at radius 1 is 0.970 bits per heavy atom. The first-order valence-electron chi connectivity index (χ1n) is 9.55. The second kappa shape index (κ2) is 8.86. The van der Waals surface area contributed by atoms with Crippen molar-refractivity contribution in [3.8, 4) is 46.4 Å². The van der Waals surface area contributed by atoms with Crippen LogP contribution >= 0.6 is 11.6 Å². The third-order valence-corrected chi connectivity index (χ3v) is 4.78. The Morgan fingerprint density at radius 2 is 1.88 bits per heavy atom. The Bertz CT molecular complexity index is 1490. The smallest absolute Gasteiger partial charge is 0.294 e. The van der Waals surface area contributed by atoms with Gasteiger partial charge in [0, 0.05) is 29.9 Å². The highest BCUT2D eigenvalue weighted by atomic mass is 35.5. The van der Waals surface area contributed by atoms with Crippen LogP contribution in [0.15, 0.2) is 65.6 Å². The number of benzene rings is 1. The molecule has 5 rings (SSSR count). The van der Waals surface area contributed by atoms with Gasteiger partial charge in [-0.05, 0) is 30.2 Å². The molecule has 0 N–H and O–H groups in total. The molecule has 0 radical (unpaired) electrons. The molecule has 0 atom stereocenters. The molecule has 1 aromatic carbocycles. The quantitative estimate of drug-likeness (QED) is 0.375. The number of para-hydroxylation sites is 1. The lowest BCUT2D eigenvalue weighted by Gasteiger charge is -2.09. The van der Waals surface area contributed by atoms with Gasteiger partial charge in [-0.25, -0.2) is 15.0 Å². The Balaban J connectivity index is 1.55. The fourth-order valence-electron chi connectivity index (χ4n) is 2.97. The molecule has 4 aromatic heterocycles. The summed E-state index contributed by atoms with van der Waals surface area (Å²) in [5, 5.41) is 17.0. The number of ether oxygens (including phenoxy) is 1. The van der Waals surface area contributed by atoms with Gasteiger partial charge in [-0.2, -0.15) is 0 Å². The Morgan fingerprint density at radius 3 is 2.70 bits per heavy atom. The fraction of sp³-hybridized carbons (Fsp3) is 0.0455. The zero-order valence-electron chi connectivity index (χ0n) is 17.0. The average Bonchev–Trinajstić information content (AvgIpc) is 3.51. The van der Waals surface area contributed by atoms with E-state index in [0.29, 0.717) is 39.5 Å². The van der Waals surface area contributed by atoms with Gasteiger partial charge >= 0.3 is 0 Å². The number of hydrogen-bond acceptors (Lipinski definition) is 9. The lowest BCUT2D eigenvalue weighted by atomic mass is 10.3. The number of aromatic nitrogens is 8. The molecule has 0 amide bonds. The minimum atomic E-state index is 0.109. The van der Waals surface area contributed by atoms with Crippen LogP contribution in [0.1, 0.15) is 11.7 Å². The summed E-state index contributed by atoms with van der Waals surface area (Å²) in [6.07, 6.45) is 4.64. The Kier molecular flexibility index (Phi) is 5.45. The summed E-state index contributed by atoms with van der Waals surface area (Å²) in [5.74, 6) is 7.39. The van der Waals surface area contributed by atoms with E-state index >= 15 is 0 Å². The summed E-state index contributed by atoms with van der Waals surface area (Å²) in [6.45, 7) is 0. The van der Waals surface area contributed by atoms with Crippen LogP contribution in [-0.2, 0) is 0 Å². The van der Waals surface area contributed by atoms with Crippen LogP contribution in [0, 0.1) is 11.8 Å². The molecule has 0 spiro atoms. The summed E-state index contributed by atoms with van der Waals surface area (Å²) < 4.78 is 12.5.